The molecule has 1 amide bonds. The number of carbonyl (C=O) groups is 1. The summed E-state index contributed by atoms with van der Waals surface area (Å²) in [6.07, 6.45) is 1.42. The molecule has 0 fully saturated rings. The summed E-state index contributed by atoms with van der Waals surface area (Å²) in [6, 6.07) is 12.6. The maximum atomic E-state index is 12.9. The third kappa shape index (κ3) is 4.15. The molecule has 4 aromatic rings. The Hall–Kier alpha value is -3.65. The molecule has 0 bridgehead atoms. The van der Waals surface area contributed by atoms with Gasteiger partial charge in [-0.3, -0.25) is 9.59 Å². The van der Waals surface area contributed by atoms with E-state index in [1.54, 1.807) is 24.3 Å². The molecule has 0 unspecified atom stereocenters. The Kier molecular flexibility index (Phi) is 5.48. The third-order valence-electron chi connectivity index (χ3n) is 4.88. The molecule has 0 radical (unpaired) electrons. The van der Waals surface area contributed by atoms with Crippen LogP contribution in [0.5, 0.6) is 5.75 Å². The number of hydrogen-bond acceptors (Lipinski definition) is 5. The van der Waals surface area contributed by atoms with Crippen molar-refractivity contribution in [3.05, 3.63) is 75.3 Å². The van der Waals surface area contributed by atoms with Gasteiger partial charge in [-0.25, -0.2) is 9.20 Å². The Morgan fingerprint density at radius 2 is 1.97 bits per heavy atom. The van der Waals surface area contributed by atoms with E-state index in [1.807, 2.05) is 26.0 Å². The highest BCUT2D eigenvalue weighted by atomic mass is 35.5. The zero-order valence-corrected chi connectivity index (χ0v) is 18.0. The summed E-state index contributed by atoms with van der Waals surface area (Å²) in [5.41, 5.74) is 4.25. The van der Waals surface area contributed by atoms with Gasteiger partial charge in [0.1, 0.15) is 24.1 Å². The van der Waals surface area contributed by atoms with Gasteiger partial charge in [-0.05, 0) is 43.7 Å². The first-order valence-corrected chi connectivity index (χ1v) is 9.90. The van der Waals surface area contributed by atoms with E-state index in [2.05, 4.69) is 21.6 Å². The first kappa shape index (κ1) is 20.6. The summed E-state index contributed by atoms with van der Waals surface area (Å²) in [6.45, 7) is 3.77. The first-order valence-electron chi connectivity index (χ1n) is 9.52. The van der Waals surface area contributed by atoms with Gasteiger partial charge in [-0.2, -0.15) is 10.2 Å². The zero-order chi connectivity index (χ0) is 22.1. The lowest BCUT2D eigenvalue weighted by Gasteiger charge is -2.08. The van der Waals surface area contributed by atoms with Crippen LogP contribution in [0, 0.1) is 13.8 Å². The van der Waals surface area contributed by atoms with E-state index in [1.165, 1.54) is 18.0 Å². The summed E-state index contributed by atoms with van der Waals surface area (Å²) in [5.74, 6) is 0.0951. The highest BCUT2D eigenvalue weighted by molar-refractivity contribution is 6.32. The summed E-state index contributed by atoms with van der Waals surface area (Å²) in [7, 11) is 1.51. The number of fused-ring (bicyclic) bond motifs is 1. The van der Waals surface area contributed by atoms with Crippen LogP contribution >= 0.6 is 11.6 Å². The van der Waals surface area contributed by atoms with Crippen LogP contribution in [-0.2, 0) is 11.3 Å². The molecule has 1 N–H and O–H groups in total. The van der Waals surface area contributed by atoms with Crippen LogP contribution in [0.1, 0.15) is 11.1 Å². The molecule has 2 heterocycles. The van der Waals surface area contributed by atoms with E-state index in [0.717, 1.165) is 21.4 Å². The number of ether oxygens (including phenoxy) is 1. The molecule has 9 heteroatoms. The Balaban J connectivity index is 1.58. The van der Waals surface area contributed by atoms with Gasteiger partial charge < -0.3 is 10.1 Å². The monoisotopic (exact) mass is 437 g/mol. The molecule has 158 valence electrons. The Labute approximate surface area is 183 Å². The van der Waals surface area contributed by atoms with Crippen molar-refractivity contribution in [2.24, 2.45) is 0 Å². The van der Waals surface area contributed by atoms with Crippen molar-refractivity contribution < 1.29 is 9.53 Å². The minimum absolute atomic E-state index is 0.247. The van der Waals surface area contributed by atoms with Crippen molar-refractivity contribution in [2.45, 2.75) is 20.4 Å². The molecule has 2 aromatic carbocycles. The molecular formula is C22H20ClN5O3. The number of methoxy groups -OCH3 is 1. The maximum absolute atomic E-state index is 12.9. The van der Waals surface area contributed by atoms with Crippen LogP contribution in [0.15, 0.2) is 53.6 Å². The molecule has 0 aliphatic rings. The number of aryl methyl sites for hydroxylation is 2. The van der Waals surface area contributed by atoms with Crippen molar-refractivity contribution in [2.75, 3.05) is 12.4 Å². The number of hydrogen-bond donors (Lipinski definition) is 1. The fourth-order valence-electron chi connectivity index (χ4n) is 3.36. The minimum Gasteiger partial charge on any atom is -0.495 e. The molecule has 8 nitrogen and oxygen atoms in total. The molecule has 2 aromatic heterocycles. The number of halogens is 1. The standard InChI is InChI=1S/C22H20ClN5O3/c1-13-4-6-16(14(2)8-13)18-10-19-22(30)27(24-12-28(19)26-18)11-21(29)25-15-5-7-20(31-3)17(23)9-15/h4-10,12H,11H2,1-3H3,(H,25,29). The SMILES string of the molecule is COc1ccc(NC(=O)Cn2ncn3nc(-c4ccc(C)cc4C)cc3c2=O)cc1Cl. The number of carbonyl (C=O) groups excluding carboxylic acids is 1. The van der Waals surface area contributed by atoms with Crippen molar-refractivity contribution in [1.29, 1.82) is 0 Å². The Bertz CT molecular complexity index is 1360. The van der Waals surface area contributed by atoms with Gasteiger partial charge in [-0.15, -0.1) is 0 Å². The van der Waals surface area contributed by atoms with E-state index < -0.39 is 11.5 Å². The quantitative estimate of drug-likeness (QED) is 0.516. The van der Waals surface area contributed by atoms with Gasteiger partial charge in [0.05, 0.1) is 17.8 Å². The van der Waals surface area contributed by atoms with Gasteiger partial charge in [0.2, 0.25) is 5.91 Å². The molecule has 31 heavy (non-hydrogen) atoms. The zero-order valence-electron chi connectivity index (χ0n) is 17.2. The van der Waals surface area contributed by atoms with Crippen molar-refractivity contribution in [3.63, 3.8) is 0 Å². The molecule has 0 atom stereocenters. The number of benzene rings is 2. The summed E-state index contributed by atoms with van der Waals surface area (Å²) in [4.78, 5) is 25.3. The average molecular weight is 438 g/mol. The van der Waals surface area contributed by atoms with Crippen LogP contribution in [0.3, 0.4) is 0 Å². The predicted molar refractivity (Wildman–Crippen MR) is 119 cm³/mol. The third-order valence-corrected chi connectivity index (χ3v) is 5.17. The molecule has 0 aliphatic carbocycles. The van der Waals surface area contributed by atoms with Crippen LogP contribution in [-0.4, -0.2) is 32.4 Å². The highest BCUT2D eigenvalue weighted by Crippen LogP contribution is 2.27. The van der Waals surface area contributed by atoms with Crippen molar-refractivity contribution in [3.8, 4) is 17.0 Å². The Morgan fingerprint density at radius 1 is 1.16 bits per heavy atom. The second-order valence-corrected chi connectivity index (χ2v) is 7.58. The number of nitrogens with one attached hydrogen (secondary N) is 1. The van der Waals surface area contributed by atoms with Crippen LogP contribution in [0.2, 0.25) is 5.02 Å². The van der Waals surface area contributed by atoms with Gasteiger partial charge in [0.25, 0.3) is 5.56 Å². The molecule has 0 aliphatic heterocycles. The van der Waals surface area contributed by atoms with Crippen LogP contribution in [0.4, 0.5) is 5.69 Å². The van der Waals surface area contributed by atoms with E-state index in [9.17, 15) is 9.59 Å². The van der Waals surface area contributed by atoms with Crippen molar-refractivity contribution in [1.82, 2.24) is 19.4 Å². The fourth-order valence-corrected chi connectivity index (χ4v) is 3.62. The van der Waals surface area contributed by atoms with E-state index in [-0.39, 0.29) is 6.54 Å². The number of anilines is 1. The smallest absolute Gasteiger partial charge is 0.293 e. The fraction of sp³-hybridized carbons (Fsp3) is 0.182. The molecule has 0 spiro atoms. The van der Waals surface area contributed by atoms with Crippen LogP contribution < -0.4 is 15.6 Å². The second-order valence-electron chi connectivity index (χ2n) is 7.17. The first-order chi connectivity index (χ1) is 14.9. The summed E-state index contributed by atoms with van der Waals surface area (Å²) < 4.78 is 7.62. The Morgan fingerprint density at radius 3 is 2.68 bits per heavy atom. The molecule has 0 saturated heterocycles. The summed E-state index contributed by atoms with van der Waals surface area (Å²) in [5, 5.41) is 11.6. The number of amides is 1. The predicted octanol–water partition coefficient (Wildman–Crippen LogP) is 3.48. The lowest BCUT2D eigenvalue weighted by Crippen LogP contribution is -2.30. The van der Waals surface area contributed by atoms with Gasteiger partial charge in [0.15, 0.2) is 0 Å². The lowest BCUT2D eigenvalue weighted by atomic mass is 10.0. The highest BCUT2D eigenvalue weighted by Gasteiger charge is 2.14. The maximum Gasteiger partial charge on any atom is 0.293 e. The number of aromatic nitrogens is 4. The molecule has 4 rings (SSSR count). The van der Waals surface area contributed by atoms with E-state index in [4.69, 9.17) is 16.3 Å². The minimum atomic E-state index is -0.408. The van der Waals surface area contributed by atoms with Gasteiger partial charge in [-0.1, -0.05) is 35.4 Å². The van der Waals surface area contributed by atoms with Crippen molar-refractivity contribution >= 4 is 28.7 Å². The average Bonchev–Trinajstić information content (AvgIpc) is 3.15. The number of rotatable bonds is 5. The van der Waals surface area contributed by atoms with E-state index >= 15 is 0 Å². The molecule has 0 saturated carbocycles. The topological polar surface area (TPSA) is 90.5 Å². The van der Waals surface area contributed by atoms with Gasteiger partial charge >= 0.3 is 0 Å². The number of nitrogens with zero attached hydrogens (tertiary/aromatic N) is 4. The van der Waals surface area contributed by atoms with Gasteiger partial charge in [0, 0.05) is 11.3 Å². The largest absolute Gasteiger partial charge is 0.495 e. The lowest BCUT2D eigenvalue weighted by molar-refractivity contribution is -0.117. The van der Waals surface area contributed by atoms with Crippen LogP contribution in [0.25, 0.3) is 16.8 Å². The normalized spacial score (nSPS) is 11.0. The molecular weight excluding hydrogens is 418 g/mol. The van der Waals surface area contributed by atoms with E-state index in [0.29, 0.717) is 27.7 Å². The second kappa shape index (κ2) is 8.23. The summed E-state index contributed by atoms with van der Waals surface area (Å²) >= 11 is 6.08.